The number of aliphatic carboxylic acids is 1. The summed E-state index contributed by atoms with van der Waals surface area (Å²) in [6, 6.07) is 15.1. The molecule has 1 atom stereocenters. The zero-order chi connectivity index (χ0) is 16.7. The summed E-state index contributed by atoms with van der Waals surface area (Å²) in [7, 11) is 0. The molecular weight excluding hydrogens is 302 g/mol. The molecule has 24 heavy (non-hydrogen) atoms. The monoisotopic (exact) mass is 321 g/mol. The molecule has 0 bridgehead atoms. The topological polar surface area (TPSA) is 57.6 Å². The molecule has 2 aliphatic rings. The first-order valence-electron chi connectivity index (χ1n) is 8.38. The first kappa shape index (κ1) is 14.9. The van der Waals surface area contributed by atoms with Gasteiger partial charge in [0.25, 0.3) is 5.91 Å². The van der Waals surface area contributed by atoms with E-state index in [2.05, 4.69) is 0 Å². The first-order chi connectivity index (χ1) is 11.6. The van der Waals surface area contributed by atoms with Crippen molar-refractivity contribution in [2.75, 3.05) is 11.4 Å². The van der Waals surface area contributed by atoms with Crippen LogP contribution in [0.3, 0.4) is 0 Å². The number of para-hydroxylation sites is 1. The number of carbonyl (C=O) groups is 2. The second-order valence-electron chi connectivity index (χ2n) is 6.62. The minimum Gasteiger partial charge on any atom is -0.481 e. The van der Waals surface area contributed by atoms with Crippen molar-refractivity contribution >= 4 is 17.6 Å². The number of carbonyl (C=O) groups excluding carboxylic acids is 1. The lowest BCUT2D eigenvalue weighted by Crippen LogP contribution is -2.31. The molecule has 1 amide bonds. The Hall–Kier alpha value is -2.62. The molecule has 1 N–H and O–H groups in total. The van der Waals surface area contributed by atoms with Crippen molar-refractivity contribution in [3.8, 4) is 0 Å². The number of nitrogens with zero attached hydrogens (tertiary/aromatic N) is 1. The first-order valence-corrected chi connectivity index (χ1v) is 8.38. The number of carboxylic acids is 1. The molecule has 1 saturated carbocycles. The van der Waals surface area contributed by atoms with Crippen LogP contribution in [0.4, 0.5) is 5.69 Å². The maximum absolute atomic E-state index is 12.9. The Morgan fingerprint density at radius 2 is 1.71 bits per heavy atom. The van der Waals surface area contributed by atoms with Crippen LogP contribution in [0.1, 0.15) is 52.6 Å². The van der Waals surface area contributed by atoms with E-state index in [0.29, 0.717) is 22.7 Å². The minimum atomic E-state index is -0.891. The van der Waals surface area contributed by atoms with Crippen LogP contribution < -0.4 is 4.90 Å². The van der Waals surface area contributed by atoms with E-state index in [4.69, 9.17) is 0 Å². The van der Waals surface area contributed by atoms with Gasteiger partial charge in [-0.3, -0.25) is 9.59 Å². The average molecular weight is 321 g/mol. The number of rotatable bonds is 3. The smallest absolute Gasteiger partial charge is 0.312 e. The summed E-state index contributed by atoms with van der Waals surface area (Å²) in [5.41, 5.74) is 3.32. The van der Waals surface area contributed by atoms with Crippen molar-refractivity contribution in [3.63, 3.8) is 0 Å². The highest BCUT2D eigenvalue weighted by molar-refractivity contribution is 6.08. The molecule has 1 aliphatic carbocycles. The zero-order valence-corrected chi connectivity index (χ0v) is 13.3. The van der Waals surface area contributed by atoms with Gasteiger partial charge in [0.05, 0.1) is 0 Å². The second-order valence-corrected chi connectivity index (χ2v) is 6.62. The number of hydrogen-bond acceptors (Lipinski definition) is 2. The van der Waals surface area contributed by atoms with Gasteiger partial charge < -0.3 is 10.0 Å². The summed E-state index contributed by atoms with van der Waals surface area (Å²) < 4.78 is 0. The third-order valence-corrected chi connectivity index (χ3v) is 5.25. The Labute approximate surface area is 140 Å². The highest BCUT2D eigenvalue weighted by atomic mass is 16.4. The van der Waals surface area contributed by atoms with Crippen molar-refractivity contribution in [2.45, 2.75) is 31.1 Å². The van der Waals surface area contributed by atoms with Gasteiger partial charge in [-0.25, -0.2) is 0 Å². The molecule has 4 heteroatoms. The second kappa shape index (κ2) is 5.78. The third kappa shape index (κ3) is 2.39. The zero-order valence-electron chi connectivity index (χ0n) is 13.3. The maximum Gasteiger partial charge on any atom is 0.312 e. The Morgan fingerprint density at radius 1 is 1.00 bits per heavy atom. The number of benzene rings is 2. The Morgan fingerprint density at radius 3 is 2.33 bits per heavy atom. The molecule has 4 rings (SSSR count). The predicted molar refractivity (Wildman–Crippen MR) is 91.5 cm³/mol. The van der Waals surface area contributed by atoms with E-state index in [1.807, 2.05) is 42.5 Å². The molecule has 0 saturated heterocycles. The molecule has 1 heterocycles. The Bertz CT molecular complexity index is 793. The fraction of sp³-hybridized carbons (Fsp3) is 0.300. The predicted octanol–water partition coefficient (Wildman–Crippen LogP) is 3.78. The van der Waals surface area contributed by atoms with Gasteiger partial charge in [-0.1, -0.05) is 36.8 Å². The van der Waals surface area contributed by atoms with Gasteiger partial charge in [0.2, 0.25) is 0 Å². The van der Waals surface area contributed by atoms with E-state index in [9.17, 15) is 14.7 Å². The molecule has 4 nitrogen and oxygen atoms in total. The lowest BCUT2D eigenvalue weighted by molar-refractivity contribution is -0.138. The summed E-state index contributed by atoms with van der Waals surface area (Å²) in [6.07, 6.45) is 3.74. The van der Waals surface area contributed by atoms with Crippen molar-refractivity contribution in [1.82, 2.24) is 0 Å². The number of fused-ring (bicyclic) bond motifs is 1. The van der Waals surface area contributed by atoms with Crippen molar-refractivity contribution in [1.29, 1.82) is 0 Å². The van der Waals surface area contributed by atoms with Crippen LogP contribution in [0.15, 0.2) is 48.5 Å². The molecule has 122 valence electrons. The van der Waals surface area contributed by atoms with E-state index in [-0.39, 0.29) is 12.5 Å². The summed E-state index contributed by atoms with van der Waals surface area (Å²) in [6.45, 7) is 0.192. The quantitative estimate of drug-likeness (QED) is 0.936. The van der Waals surface area contributed by atoms with Crippen LogP contribution >= 0.6 is 0 Å². The van der Waals surface area contributed by atoms with Crippen LogP contribution in [-0.4, -0.2) is 23.5 Å². The fourth-order valence-corrected chi connectivity index (χ4v) is 3.61. The maximum atomic E-state index is 12.9. The number of hydrogen-bond donors (Lipinski definition) is 1. The highest BCUT2D eigenvalue weighted by Gasteiger charge is 2.36. The van der Waals surface area contributed by atoms with E-state index in [1.54, 1.807) is 11.0 Å². The van der Waals surface area contributed by atoms with Crippen LogP contribution in [-0.2, 0) is 4.79 Å². The molecule has 0 spiro atoms. The minimum absolute atomic E-state index is 0.133. The molecule has 2 aromatic carbocycles. The van der Waals surface area contributed by atoms with E-state index in [1.165, 1.54) is 24.8 Å². The van der Waals surface area contributed by atoms with Gasteiger partial charge >= 0.3 is 5.97 Å². The summed E-state index contributed by atoms with van der Waals surface area (Å²) in [5, 5.41) is 9.42. The van der Waals surface area contributed by atoms with Crippen LogP contribution in [0.25, 0.3) is 0 Å². The molecule has 0 radical (unpaired) electrons. The van der Waals surface area contributed by atoms with E-state index >= 15 is 0 Å². The number of carboxylic acid groups (broad SMARTS) is 1. The van der Waals surface area contributed by atoms with E-state index in [0.717, 1.165) is 0 Å². The Balaban J connectivity index is 1.61. The fourth-order valence-electron chi connectivity index (χ4n) is 3.61. The van der Waals surface area contributed by atoms with Gasteiger partial charge in [-0.15, -0.1) is 0 Å². The normalized spacial score (nSPS) is 19.7. The van der Waals surface area contributed by atoms with Crippen LogP contribution in [0.5, 0.6) is 0 Å². The molecule has 1 unspecified atom stereocenters. The van der Waals surface area contributed by atoms with E-state index < -0.39 is 11.9 Å². The lowest BCUT2D eigenvalue weighted by Gasteiger charge is -2.26. The van der Waals surface area contributed by atoms with Gasteiger partial charge in [0, 0.05) is 17.8 Å². The highest BCUT2D eigenvalue weighted by Crippen LogP contribution is 2.38. The summed E-state index contributed by atoms with van der Waals surface area (Å²) >= 11 is 0. The SMILES string of the molecule is O=C(O)C1CN(C(=O)c2ccc(C3CCC3)cc2)c2ccccc21. The third-order valence-electron chi connectivity index (χ3n) is 5.25. The molecule has 2 aromatic rings. The standard InChI is InChI=1S/C20H19NO3/c22-19(15-10-8-14(9-11-15)13-4-3-5-13)21-12-17(20(23)24)16-6-1-2-7-18(16)21/h1-2,6-11,13,17H,3-5,12H2,(H,23,24). The average Bonchev–Trinajstić information content (AvgIpc) is 2.93. The summed E-state index contributed by atoms with van der Waals surface area (Å²) in [5.74, 6) is -1.04. The molecular formula is C20H19NO3. The Kier molecular flexibility index (Phi) is 3.60. The molecule has 1 fully saturated rings. The van der Waals surface area contributed by atoms with Gasteiger partial charge in [0.1, 0.15) is 5.92 Å². The number of anilines is 1. The lowest BCUT2D eigenvalue weighted by atomic mass is 9.80. The van der Waals surface area contributed by atoms with Crippen molar-refractivity contribution in [2.24, 2.45) is 0 Å². The van der Waals surface area contributed by atoms with Gasteiger partial charge in [-0.2, -0.15) is 0 Å². The van der Waals surface area contributed by atoms with Gasteiger partial charge in [0.15, 0.2) is 0 Å². The van der Waals surface area contributed by atoms with Gasteiger partial charge in [-0.05, 0) is 48.1 Å². The summed E-state index contributed by atoms with van der Waals surface area (Å²) in [4.78, 5) is 26.0. The van der Waals surface area contributed by atoms with Crippen LogP contribution in [0.2, 0.25) is 0 Å². The molecule has 0 aromatic heterocycles. The largest absolute Gasteiger partial charge is 0.481 e. The van der Waals surface area contributed by atoms with Crippen molar-refractivity contribution in [3.05, 3.63) is 65.2 Å². The molecule has 1 aliphatic heterocycles. The van der Waals surface area contributed by atoms with Crippen molar-refractivity contribution < 1.29 is 14.7 Å². The number of amides is 1. The van der Waals surface area contributed by atoms with Crippen LogP contribution in [0, 0.1) is 0 Å².